The molecule has 1 spiro atoms. The minimum absolute atomic E-state index is 0.0367. The van der Waals surface area contributed by atoms with Crippen LogP contribution in [0.4, 0.5) is 26.1 Å². The summed E-state index contributed by atoms with van der Waals surface area (Å²) in [4.78, 5) is 30.7. The molecule has 12 heteroatoms. The number of hydrogen-bond acceptors (Lipinski definition) is 8. The summed E-state index contributed by atoms with van der Waals surface area (Å²) in [5.74, 6) is 0.558. The van der Waals surface area contributed by atoms with Crippen LogP contribution in [-0.2, 0) is 19.7 Å². The van der Waals surface area contributed by atoms with Crippen LogP contribution in [0.25, 0.3) is 0 Å². The van der Waals surface area contributed by atoms with Gasteiger partial charge in [-0.15, -0.1) is 10.2 Å². The van der Waals surface area contributed by atoms with E-state index < -0.39 is 18.1 Å². The Kier molecular flexibility index (Phi) is 7.18. The lowest BCUT2D eigenvalue weighted by atomic mass is 9.76. The van der Waals surface area contributed by atoms with Crippen molar-refractivity contribution in [2.45, 2.75) is 63.5 Å². The highest BCUT2D eigenvalue weighted by Gasteiger charge is 2.48. The van der Waals surface area contributed by atoms with E-state index in [9.17, 15) is 18.4 Å². The van der Waals surface area contributed by atoms with Crippen LogP contribution in [0.3, 0.4) is 0 Å². The number of halogens is 2. The van der Waals surface area contributed by atoms with Gasteiger partial charge in [-0.05, 0) is 43.6 Å². The van der Waals surface area contributed by atoms with Crippen LogP contribution in [0, 0.1) is 11.8 Å². The van der Waals surface area contributed by atoms with Crippen LogP contribution in [0.1, 0.15) is 51.0 Å². The van der Waals surface area contributed by atoms with Crippen molar-refractivity contribution < 1.29 is 27.8 Å². The van der Waals surface area contributed by atoms with Crippen molar-refractivity contribution in [3.63, 3.8) is 0 Å². The second-order valence-corrected chi connectivity index (χ2v) is 10.0. The fraction of sp³-hybridized carbons (Fsp3) is 0.560. The number of nitrogens with one attached hydrogen (secondary N) is 3. The van der Waals surface area contributed by atoms with Crippen molar-refractivity contribution in [1.82, 2.24) is 15.2 Å². The number of alkyl halides is 2. The molecule has 3 N–H and O–H groups in total. The first-order valence-electron chi connectivity index (χ1n) is 12.6. The molecule has 1 unspecified atom stereocenters. The summed E-state index contributed by atoms with van der Waals surface area (Å²) in [5.41, 5.74) is 0.843. The molecule has 2 aromatic heterocycles. The summed E-state index contributed by atoms with van der Waals surface area (Å²) in [6, 6.07) is 3.77. The number of amides is 2. The number of ether oxygens (including phenoxy) is 2. The molecule has 1 saturated heterocycles. The number of carbonyl (C=O) groups is 2. The van der Waals surface area contributed by atoms with Gasteiger partial charge in [0.15, 0.2) is 0 Å². The van der Waals surface area contributed by atoms with E-state index in [1.165, 1.54) is 12.1 Å². The van der Waals surface area contributed by atoms with Gasteiger partial charge in [0.25, 0.3) is 0 Å². The van der Waals surface area contributed by atoms with Crippen molar-refractivity contribution in [1.29, 1.82) is 0 Å². The third-order valence-electron chi connectivity index (χ3n) is 7.67. The first-order valence-corrected chi connectivity index (χ1v) is 12.6. The van der Waals surface area contributed by atoms with Gasteiger partial charge in [-0.25, -0.2) is 4.98 Å². The predicted octanol–water partition coefficient (Wildman–Crippen LogP) is 3.72. The van der Waals surface area contributed by atoms with Gasteiger partial charge in [-0.2, -0.15) is 8.78 Å². The van der Waals surface area contributed by atoms with E-state index in [0.717, 1.165) is 31.2 Å². The number of rotatable bonds is 7. The molecular formula is C25H30F2N6O4. The summed E-state index contributed by atoms with van der Waals surface area (Å²) in [6.07, 6.45) is 6.54. The lowest BCUT2D eigenvalue weighted by Gasteiger charge is -2.32. The second-order valence-electron chi connectivity index (χ2n) is 10.0. The molecule has 0 radical (unpaired) electrons. The maximum atomic E-state index is 13.5. The molecule has 1 aliphatic carbocycles. The van der Waals surface area contributed by atoms with Gasteiger partial charge in [0.2, 0.25) is 17.7 Å². The Balaban J connectivity index is 1.33. The Hall–Kier alpha value is -3.41. The van der Waals surface area contributed by atoms with Gasteiger partial charge < -0.3 is 25.4 Å². The first-order chi connectivity index (χ1) is 17.8. The SMILES string of the molecule is CC1CCC(C(Nc2ccc(OC(F)F)nn2)C(=O)Nc2cc3c(cn2)C2(CCOCC2)C(=O)N3)CC1. The van der Waals surface area contributed by atoms with E-state index in [1.807, 2.05) is 0 Å². The number of fused-ring (bicyclic) bond motifs is 2. The van der Waals surface area contributed by atoms with Crippen molar-refractivity contribution in [2.24, 2.45) is 11.8 Å². The fourth-order valence-electron chi connectivity index (χ4n) is 5.52. The maximum Gasteiger partial charge on any atom is 0.388 e. The van der Waals surface area contributed by atoms with Gasteiger partial charge >= 0.3 is 6.61 Å². The van der Waals surface area contributed by atoms with Crippen molar-refractivity contribution in [3.05, 3.63) is 30.0 Å². The van der Waals surface area contributed by atoms with Gasteiger partial charge in [0.1, 0.15) is 17.7 Å². The largest absolute Gasteiger partial charge is 0.415 e. The summed E-state index contributed by atoms with van der Waals surface area (Å²) in [6.45, 7) is 0.218. The maximum absolute atomic E-state index is 13.5. The quantitative estimate of drug-likeness (QED) is 0.508. The molecule has 10 nitrogen and oxygen atoms in total. The predicted molar refractivity (Wildman–Crippen MR) is 130 cm³/mol. The van der Waals surface area contributed by atoms with Crippen LogP contribution < -0.4 is 20.7 Å². The van der Waals surface area contributed by atoms with Crippen LogP contribution in [0.2, 0.25) is 0 Å². The standard InChI is InChI=1S/C25H30F2N6O4/c1-14-2-4-15(5-3-14)21(30-18-6-7-20(33-32-18)37-24(26)27)22(34)31-19-12-17-16(13-28-19)25(23(35)29-17)8-10-36-11-9-25/h6-7,12-15,21,24H,2-5,8-11H2,1H3,(H,29,35)(H,30,32)(H,28,31,34). The molecule has 1 atom stereocenters. The highest BCUT2D eigenvalue weighted by molar-refractivity contribution is 6.07. The smallest absolute Gasteiger partial charge is 0.388 e. The molecule has 0 aromatic carbocycles. The monoisotopic (exact) mass is 516 g/mol. The third-order valence-corrected chi connectivity index (χ3v) is 7.67. The number of pyridine rings is 1. The van der Waals surface area contributed by atoms with E-state index >= 15 is 0 Å². The summed E-state index contributed by atoms with van der Waals surface area (Å²) >= 11 is 0. The molecule has 4 heterocycles. The van der Waals surface area contributed by atoms with Crippen LogP contribution in [0.5, 0.6) is 5.88 Å². The molecule has 2 aromatic rings. The van der Waals surface area contributed by atoms with E-state index in [0.29, 0.717) is 43.5 Å². The third kappa shape index (κ3) is 5.34. The zero-order valence-corrected chi connectivity index (χ0v) is 20.5. The lowest BCUT2D eigenvalue weighted by Crippen LogP contribution is -2.42. The molecule has 0 bridgehead atoms. The van der Waals surface area contributed by atoms with Gasteiger partial charge in [-0.3, -0.25) is 9.59 Å². The Morgan fingerprint density at radius 2 is 1.92 bits per heavy atom. The van der Waals surface area contributed by atoms with Crippen LogP contribution in [0.15, 0.2) is 24.4 Å². The van der Waals surface area contributed by atoms with Crippen molar-refractivity contribution in [3.8, 4) is 5.88 Å². The van der Waals surface area contributed by atoms with Crippen molar-refractivity contribution >= 4 is 29.1 Å². The number of anilines is 3. The number of hydrogen-bond donors (Lipinski definition) is 3. The summed E-state index contributed by atoms with van der Waals surface area (Å²) < 4.78 is 34.6. The fourth-order valence-corrected chi connectivity index (χ4v) is 5.52. The lowest BCUT2D eigenvalue weighted by molar-refractivity contribution is -0.124. The highest BCUT2D eigenvalue weighted by atomic mass is 19.3. The summed E-state index contributed by atoms with van der Waals surface area (Å²) in [7, 11) is 0. The zero-order valence-electron chi connectivity index (χ0n) is 20.5. The normalized spacial score (nSPS) is 23.3. The Morgan fingerprint density at radius 1 is 1.16 bits per heavy atom. The Bertz CT molecular complexity index is 1130. The first kappa shape index (κ1) is 25.2. The average molecular weight is 517 g/mol. The minimum atomic E-state index is -3.00. The molecule has 5 rings (SSSR count). The van der Waals surface area contributed by atoms with E-state index in [4.69, 9.17) is 4.74 Å². The molecule has 2 fully saturated rings. The van der Waals surface area contributed by atoms with Crippen molar-refractivity contribution in [2.75, 3.05) is 29.2 Å². The van der Waals surface area contributed by atoms with E-state index in [1.54, 1.807) is 12.3 Å². The number of aromatic nitrogens is 3. The zero-order chi connectivity index (χ0) is 26.0. The molecule has 37 heavy (non-hydrogen) atoms. The number of nitrogens with zero attached hydrogens (tertiary/aromatic N) is 3. The molecule has 198 valence electrons. The van der Waals surface area contributed by atoms with Gasteiger partial charge in [0, 0.05) is 37.1 Å². The Labute approximate surface area is 212 Å². The molecule has 2 aliphatic heterocycles. The molecule has 3 aliphatic rings. The highest BCUT2D eigenvalue weighted by Crippen LogP contribution is 2.44. The van der Waals surface area contributed by atoms with Crippen LogP contribution in [-0.4, -0.2) is 52.9 Å². The van der Waals surface area contributed by atoms with E-state index in [2.05, 4.69) is 42.8 Å². The Morgan fingerprint density at radius 3 is 2.59 bits per heavy atom. The van der Waals surface area contributed by atoms with E-state index in [-0.39, 0.29) is 29.4 Å². The van der Waals surface area contributed by atoms with Gasteiger partial charge in [-0.1, -0.05) is 19.8 Å². The van der Waals surface area contributed by atoms with Crippen LogP contribution >= 0.6 is 0 Å². The van der Waals surface area contributed by atoms with Gasteiger partial charge in [0.05, 0.1) is 11.1 Å². The topological polar surface area (TPSA) is 127 Å². The number of carbonyl (C=O) groups excluding carboxylic acids is 2. The minimum Gasteiger partial charge on any atom is -0.415 e. The molecule has 1 saturated carbocycles. The molecular weight excluding hydrogens is 486 g/mol. The average Bonchev–Trinajstić information content (AvgIpc) is 3.14. The summed E-state index contributed by atoms with van der Waals surface area (Å²) in [5, 5.41) is 16.5. The molecule has 2 amide bonds. The second kappa shape index (κ2) is 10.5.